The Balaban J connectivity index is 1.97. The molecular formula is C16H16N2O5S. The van der Waals surface area contributed by atoms with Gasteiger partial charge in [0.05, 0.1) is 22.9 Å². The number of nitrogens with zero attached hydrogens (tertiary/aromatic N) is 1. The molecule has 0 saturated carbocycles. The number of ether oxygens (including phenoxy) is 1. The smallest absolute Gasteiger partial charge is 0.273 e. The molecule has 1 aliphatic rings. The van der Waals surface area contributed by atoms with Crippen molar-refractivity contribution < 1.29 is 18.1 Å². The van der Waals surface area contributed by atoms with E-state index in [-0.39, 0.29) is 17.1 Å². The van der Waals surface area contributed by atoms with Crippen molar-refractivity contribution in [3.63, 3.8) is 0 Å². The van der Waals surface area contributed by atoms with Gasteiger partial charge < -0.3 is 4.74 Å². The highest BCUT2D eigenvalue weighted by Gasteiger charge is 2.17. The topological polar surface area (TPSA) is 98.5 Å². The second-order valence-corrected chi connectivity index (χ2v) is 7.45. The van der Waals surface area contributed by atoms with Gasteiger partial charge in [-0.15, -0.1) is 0 Å². The Morgan fingerprint density at radius 3 is 2.58 bits per heavy atom. The number of non-ortho nitro benzene ring substituents is 1. The highest BCUT2D eigenvalue weighted by Crippen LogP contribution is 2.35. The molecular weight excluding hydrogens is 332 g/mol. The van der Waals surface area contributed by atoms with Crippen LogP contribution in [-0.4, -0.2) is 19.6 Å². The molecule has 0 fully saturated rings. The molecule has 0 amide bonds. The quantitative estimate of drug-likeness (QED) is 0.660. The molecule has 2 aromatic carbocycles. The van der Waals surface area contributed by atoms with Gasteiger partial charge in [0.1, 0.15) is 5.75 Å². The zero-order valence-corrected chi connectivity index (χ0v) is 13.8. The number of anilines is 1. The minimum atomic E-state index is -3.53. The van der Waals surface area contributed by atoms with Gasteiger partial charge in [0.25, 0.3) is 5.69 Å². The standard InChI is InChI=1S/C16H16N2O5S/c1-24(21,22)17-15-8-6-13(18(19)20)10-16(15)23-14-7-5-11-3-2-4-12(11)9-14/h5-10,17H,2-4H2,1H3. The van der Waals surface area contributed by atoms with Crippen LogP contribution < -0.4 is 9.46 Å². The number of aryl methyl sites for hydroxylation is 2. The van der Waals surface area contributed by atoms with E-state index in [1.54, 1.807) is 6.07 Å². The lowest BCUT2D eigenvalue weighted by atomic mass is 10.1. The molecule has 7 nitrogen and oxygen atoms in total. The van der Waals surface area contributed by atoms with Gasteiger partial charge in [-0.3, -0.25) is 14.8 Å². The lowest BCUT2D eigenvalue weighted by molar-refractivity contribution is -0.384. The Morgan fingerprint density at radius 2 is 1.88 bits per heavy atom. The maximum Gasteiger partial charge on any atom is 0.273 e. The first-order valence-electron chi connectivity index (χ1n) is 7.38. The van der Waals surface area contributed by atoms with Crippen molar-refractivity contribution in [1.82, 2.24) is 0 Å². The number of hydrogen-bond donors (Lipinski definition) is 1. The summed E-state index contributed by atoms with van der Waals surface area (Å²) in [6.45, 7) is 0. The molecule has 0 spiro atoms. The third kappa shape index (κ3) is 3.65. The Labute approximate surface area is 139 Å². The Hall–Kier alpha value is -2.61. The first-order valence-corrected chi connectivity index (χ1v) is 9.27. The number of fused-ring (bicyclic) bond motifs is 1. The average Bonchev–Trinajstić information content (AvgIpc) is 2.95. The molecule has 0 heterocycles. The lowest BCUT2D eigenvalue weighted by Gasteiger charge is -2.13. The van der Waals surface area contributed by atoms with Crippen molar-refractivity contribution in [2.45, 2.75) is 19.3 Å². The minimum absolute atomic E-state index is 0.0903. The predicted octanol–water partition coefficient (Wildman–Crippen LogP) is 3.25. The van der Waals surface area contributed by atoms with Crippen molar-refractivity contribution >= 4 is 21.4 Å². The molecule has 0 bridgehead atoms. The normalized spacial score (nSPS) is 13.4. The van der Waals surface area contributed by atoms with Crippen molar-refractivity contribution in [3.05, 3.63) is 57.6 Å². The first kappa shape index (κ1) is 16.3. The SMILES string of the molecule is CS(=O)(=O)Nc1ccc([N+](=O)[O-])cc1Oc1ccc2c(c1)CCC2. The molecule has 0 radical (unpaired) electrons. The summed E-state index contributed by atoms with van der Waals surface area (Å²) in [7, 11) is -3.53. The van der Waals surface area contributed by atoms with Gasteiger partial charge in [-0.1, -0.05) is 6.07 Å². The fourth-order valence-corrected chi connectivity index (χ4v) is 3.30. The molecule has 8 heteroatoms. The van der Waals surface area contributed by atoms with Crippen molar-refractivity contribution in [3.8, 4) is 11.5 Å². The summed E-state index contributed by atoms with van der Waals surface area (Å²) in [5.41, 5.74) is 2.44. The molecule has 0 atom stereocenters. The van der Waals surface area contributed by atoms with Crippen molar-refractivity contribution in [2.24, 2.45) is 0 Å². The molecule has 0 aromatic heterocycles. The van der Waals surface area contributed by atoms with E-state index in [0.717, 1.165) is 25.5 Å². The van der Waals surface area contributed by atoms with Crippen molar-refractivity contribution in [2.75, 3.05) is 11.0 Å². The minimum Gasteiger partial charge on any atom is -0.455 e. The summed E-state index contributed by atoms with van der Waals surface area (Å²) in [6.07, 6.45) is 4.10. The monoisotopic (exact) mass is 348 g/mol. The molecule has 0 aliphatic heterocycles. The molecule has 24 heavy (non-hydrogen) atoms. The van der Waals surface area contributed by atoms with Crippen LogP contribution in [0, 0.1) is 10.1 Å². The van der Waals surface area contributed by atoms with E-state index < -0.39 is 14.9 Å². The van der Waals surface area contributed by atoms with Crippen LogP contribution in [0.1, 0.15) is 17.5 Å². The maximum atomic E-state index is 11.5. The van der Waals surface area contributed by atoms with Gasteiger partial charge in [0.15, 0.2) is 5.75 Å². The predicted molar refractivity (Wildman–Crippen MR) is 90.1 cm³/mol. The van der Waals surface area contributed by atoms with E-state index in [1.165, 1.54) is 29.3 Å². The summed E-state index contributed by atoms with van der Waals surface area (Å²) in [4.78, 5) is 10.4. The third-order valence-corrected chi connectivity index (χ3v) is 4.36. The lowest BCUT2D eigenvalue weighted by Crippen LogP contribution is -2.10. The van der Waals surface area contributed by atoms with E-state index in [9.17, 15) is 18.5 Å². The van der Waals surface area contributed by atoms with E-state index in [0.29, 0.717) is 5.75 Å². The number of hydrogen-bond acceptors (Lipinski definition) is 5. The molecule has 1 N–H and O–H groups in total. The zero-order valence-electron chi connectivity index (χ0n) is 13.0. The van der Waals surface area contributed by atoms with Crippen LogP contribution in [0.4, 0.5) is 11.4 Å². The molecule has 2 aromatic rings. The largest absolute Gasteiger partial charge is 0.455 e. The summed E-state index contributed by atoms with van der Waals surface area (Å²) >= 11 is 0. The van der Waals surface area contributed by atoms with Crippen LogP contribution in [0.25, 0.3) is 0 Å². The number of nitro groups is 1. The van der Waals surface area contributed by atoms with Gasteiger partial charge in [-0.2, -0.15) is 0 Å². The number of sulfonamides is 1. The number of rotatable bonds is 5. The van der Waals surface area contributed by atoms with E-state index in [2.05, 4.69) is 4.72 Å². The van der Waals surface area contributed by atoms with Crippen LogP contribution in [-0.2, 0) is 22.9 Å². The summed E-state index contributed by atoms with van der Waals surface area (Å²) < 4.78 is 31.0. The van der Waals surface area contributed by atoms with Crippen LogP contribution in [0.2, 0.25) is 0 Å². The Bertz CT molecular complexity index is 909. The van der Waals surface area contributed by atoms with Crippen molar-refractivity contribution in [1.29, 1.82) is 0 Å². The number of benzene rings is 2. The highest BCUT2D eigenvalue weighted by atomic mass is 32.2. The molecule has 126 valence electrons. The Morgan fingerprint density at radius 1 is 1.12 bits per heavy atom. The van der Waals surface area contributed by atoms with Crippen LogP contribution >= 0.6 is 0 Å². The second-order valence-electron chi connectivity index (χ2n) is 5.70. The molecule has 1 aliphatic carbocycles. The summed E-state index contributed by atoms with van der Waals surface area (Å²) in [6, 6.07) is 9.41. The van der Waals surface area contributed by atoms with Gasteiger partial charge in [-0.05, 0) is 48.6 Å². The molecule has 0 saturated heterocycles. The average molecular weight is 348 g/mol. The van der Waals surface area contributed by atoms with E-state index in [1.807, 2.05) is 12.1 Å². The van der Waals surface area contributed by atoms with E-state index in [4.69, 9.17) is 4.74 Å². The highest BCUT2D eigenvalue weighted by molar-refractivity contribution is 7.92. The fourth-order valence-electron chi connectivity index (χ4n) is 2.73. The van der Waals surface area contributed by atoms with E-state index >= 15 is 0 Å². The number of nitro benzene ring substituents is 1. The van der Waals surface area contributed by atoms with Gasteiger partial charge in [-0.25, -0.2) is 8.42 Å². The fraction of sp³-hybridized carbons (Fsp3) is 0.250. The van der Waals surface area contributed by atoms with Gasteiger partial charge in [0, 0.05) is 6.07 Å². The zero-order chi connectivity index (χ0) is 17.3. The summed E-state index contributed by atoms with van der Waals surface area (Å²) in [5.74, 6) is 0.611. The van der Waals surface area contributed by atoms with Gasteiger partial charge in [0.2, 0.25) is 10.0 Å². The van der Waals surface area contributed by atoms with Crippen LogP contribution in [0.15, 0.2) is 36.4 Å². The molecule has 3 rings (SSSR count). The van der Waals surface area contributed by atoms with Crippen LogP contribution in [0.3, 0.4) is 0 Å². The first-order chi connectivity index (χ1) is 11.3. The summed E-state index contributed by atoms with van der Waals surface area (Å²) in [5, 5.41) is 11.0. The molecule has 0 unspecified atom stereocenters. The maximum absolute atomic E-state index is 11.5. The third-order valence-electron chi connectivity index (χ3n) is 3.77. The van der Waals surface area contributed by atoms with Crippen LogP contribution in [0.5, 0.6) is 11.5 Å². The number of nitrogens with one attached hydrogen (secondary N) is 1. The second kappa shape index (κ2) is 6.12. The Kier molecular flexibility index (Phi) is 4.15. The van der Waals surface area contributed by atoms with Gasteiger partial charge >= 0.3 is 0 Å².